The van der Waals surface area contributed by atoms with Gasteiger partial charge in [0.25, 0.3) is 0 Å². The van der Waals surface area contributed by atoms with Gasteiger partial charge in [0, 0.05) is 12.6 Å². The Morgan fingerprint density at radius 3 is 3.06 bits per heavy atom. The Labute approximate surface area is 92.1 Å². The topological polar surface area (TPSA) is 83.6 Å². The summed E-state index contributed by atoms with van der Waals surface area (Å²) in [6.45, 7) is 1.77. The zero-order valence-electron chi connectivity index (χ0n) is 8.77. The Bertz CT molecular complexity index is 479. The summed E-state index contributed by atoms with van der Waals surface area (Å²) in [6.07, 6.45) is 2.07. The summed E-state index contributed by atoms with van der Waals surface area (Å²) in [5.41, 5.74) is 0.687. The van der Waals surface area contributed by atoms with Crippen LogP contribution in [-0.4, -0.2) is 26.1 Å². The van der Waals surface area contributed by atoms with E-state index < -0.39 is 0 Å². The van der Waals surface area contributed by atoms with Gasteiger partial charge in [-0.3, -0.25) is 20.2 Å². The summed E-state index contributed by atoms with van der Waals surface area (Å²) in [5.74, 6) is 0.686. The van der Waals surface area contributed by atoms with Crippen LogP contribution >= 0.6 is 0 Å². The highest BCUT2D eigenvalue weighted by molar-refractivity contribution is 5.88. The van der Waals surface area contributed by atoms with E-state index in [4.69, 9.17) is 0 Å². The first-order valence-electron chi connectivity index (χ1n) is 4.93. The molecule has 0 unspecified atom stereocenters. The van der Waals surface area contributed by atoms with Crippen molar-refractivity contribution < 1.29 is 4.79 Å². The number of pyridine rings is 1. The van der Waals surface area contributed by atoms with Gasteiger partial charge in [0.15, 0.2) is 5.82 Å². The highest BCUT2D eigenvalue weighted by Gasteiger charge is 2.07. The van der Waals surface area contributed by atoms with E-state index in [2.05, 4.69) is 25.5 Å². The monoisotopic (exact) mass is 217 g/mol. The Morgan fingerprint density at radius 2 is 2.38 bits per heavy atom. The predicted octanol–water partition coefficient (Wildman–Crippen LogP) is 1.22. The zero-order valence-corrected chi connectivity index (χ0v) is 8.77. The molecule has 0 aliphatic rings. The summed E-state index contributed by atoms with van der Waals surface area (Å²) in [5, 5.41) is 9.15. The summed E-state index contributed by atoms with van der Waals surface area (Å²) < 4.78 is 0. The minimum absolute atomic E-state index is 0.119. The first kappa shape index (κ1) is 10.3. The van der Waals surface area contributed by atoms with Gasteiger partial charge < -0.3 is 0 Å². The average Bonchev–Trinajstić information content (AvgIpc) is 2.78. The molecule has 0 spiro atoms. The number of H-pyrrole nitrogens is 1. The van der Waals surface area contributed by atoms with Crippen LogP contribution in [0.2, 0.25) is 0 Å². The van der Waals surface area contributed by atoms with E-state index in [1.807, 2.05) is 18.2 Å². The standard InChI is InChI=1S/C10H11N5O/c1-2-8(16)12-10-13-9(14-15-10)7-5-3-4-6-11-7/h3-6H,2H2,1H3,(H2,12,13,14,15,16). The van der Waals surface area contributed by atoms with Crippen LogP contribution in [0, 0.1) is 0 Å². The van der Waals surface area contributed by atoms with E-state index in [0.717, 1.165) is 0 Å². The van der Waals surface area contributed by atoms with Gasteiger partial charge in [-0.25, -0.2) is 0 Å². The normalized spacial score (nSPS) is 10.1. The van der Waals surface area contributed by atoms with E-state index in [-0.39, 0.29) is 11.9 Å². The van der Waals surface area contributed by atoms with Crippen molar-refractivity contribution >= 4 is 11.9 Å². The third kappa shape index (κ3) is 2.22. The molecule has 1 amide bonds. The maximum absolute atomic E-state index is 11.1. The van der Waals surface area contributed by atoms with E-state index >= 15 is 0 Å². The lowest BCUT2D eigenvalue weighted by atomic mass is 10.3. The molecule has 0 atom stereocenters. The van der Waals surface area contributed by atoms with E-state index in [9.17, 15) is 4.79 Å². The fourth-order valence-electron chi connectivity index (χ4n) is 1.15. The minimum atomic E-state index is -0.119. The number of amides is 1. The number of hydrogen-bond donors (Lipinski definition) is 2. The molecule has 6 nitrogen and oxygen atoms in total. The third-order valence-electron chi connectivity index (χ3n) is 1.97. The molecule has 2 heterocycles. The Kier molecular flexibility index (Phi) is 2.90. The van der Waals surface area contributed by atoms with Gasteiger partial charge in [0.2, 0.25) is 11.9 Å². The van der Waals surface area contributed by atoms with Crippen LogP contribution in [0.1, 0.15) is 13.3 Å². The zero-order chi connectivity index (χ0) is 11.4. The van der Waals surface area contributed by atoms with Crippen molar-refractivity contribution in [1.29, 1.82) is 0 Å². The van der Waals surface area contributed by atoms with Crippen LogP contribution in [0.15, 0.2) is 24.4 Å². The van der Waals surface area contributed by atoms with Crippen LogP contribution in [0.5, 0.6) is 0 Å². The molecular formula is C10H11N5O. The Morgan fingerprint density at radius 1 is 1.50 bits per heavy atom. The number of carbonyl (C=O) groups excluding carboxylic acids is 1. The maximum Gasteiger partial charge on any atom is 0.249 e. The minimum Gasteiger partial charge on any atom is -0.293 e. The number of aromatic amines is 1. The molecule has 2 aromatic heterocycles. The molecule has 0 aliphatic carbocycles. The molecule has 2 rings (SSSR count). The second-order valence-corrected chi connectivity index (χ2v) is 3.12. The van der Waals surface area contributed by atoms with Gasteiger partial charge in [-0.15, -0.1) is 5.10 Å². The fourth-order valence-corrected chi connectivity index (χ4v) is 1.15. The van der Waals surface area contributed by atoms with Crippen LogP contribution in [0.4, 0.5) is 5.95 Å². The van der Waals surface area contributed by atoms with Crippen molar-refractivity contribution in [3.63, 3.8) is 0 Å². The molecule has 82 valence electrons. The van der Waals surface area contributed by atoms with E-state index in [1.54, 1.807) is 13.1 Å². The van der Waals surface area contributed by atoms with Gasteiger partial charge >= 0.3 is 0 Å². The summed E-state index contributed by atoms with van der Waals surface area (Å²) in [7, 11) is 0. The van der Waals surface area contributed by atoms with Gasteiger partial charge in [0.05, 0.1) is 0 Å². The highest BCUT2D eigenvalue weighted by atomic mass is 16.1. The predicted molar refractivity (Wildman–Crippen MR) is 58.5 cm³/mol. The maximum atomic E-state index is 11.1. The number of aromatic nitrogens is 4. The van der Waals surface area contributed by atoms with Gasteiger partial charge in [-0.2, -0.15) is 4.98 Å². The van der Waals surface area contributed by atoms with Crippen LogP contribution in [-0.2, 0) is 4.79 Å². The summed E-state index contributed by atoms with van der Waals surface area (Å²) in [6, 6.07) is 5.49. The summed E-state index contributed by atoms with van der Waals surface area (Å²) in [4.78, 5) is 19.3. The smallest absolute Gasteiger partial charge is 0.249 e. The molecule has 2 aromatic rings. The quantitative estimate of drug-likeness (QED) is 0.809. The molecule has 0 radical (unpaired) electrons. The van der Waals surface area contributed by atoms with E-state index in [1.165, 1.54) is 0 Å². The van der Waals surface area contributed by atoms with Crippen LogP contribution < -0.4 is 5.32 Å². The lowest BCUT2D eigenvalue weighted by Crippen LogP contribution is -2.10. The molecule has 0 saturated heterocycles. The summed E-state index contributed by atoms with van der Waals surface area (Å²) >= 11 is 0. The molecule has 0 aromatic carbocycles. The average molecular weight is 217 g/mol. The lowest BCUT2D eigenvalue weighted by Gasteiger charge is -1.94. The van der Waals surface area contributed by atoms with Crippen molar-refractivity contribution in [2.24, 2.45) is 0 Å². The Balaban J connectivity index is 2.17. The number of anilines is 1. The first-order chi connectivity index (χ1) is 7.79. The number of hydrogen-bond acceptors (Lipinski definition) is 4. The molecule has 0 fully saturated rings. The number of rotatable bonds is 3. The molecule has 2 N–H and O–H groups in total. The first-order valence-corrected chi connectivity index (χ1v) is 4.93. The molecule has 16 heavy (non-hydrogen) atoms. The van der Waals surface area contributed by atoms with Crippen molar-refractivity contribution in [3.8, 4) is 11.5 Å². The Hall–Kier alpha value is -2.24. The molecule has 0 saturated carbocycles. The lowest BCUT2D eigenvalue weighted by molar-refractivity contribution is -0.115. The number of carbonyl (C=O) groups is 1. The van der Waals surface area contributed by atoms with Gasteiger partial charge in [-0.1, -0.05) is 13.0 Å². The number of nitrogens with zero attached hydrogens (tertiary/aromatic N) is 3. The van der Waals surface area contributed by atoms with Crippen LogP contribution in [0.3, 0.4) is 0 Å². The van der Waals surface area contributed by atoms with Crippen molar-refractivity contribution in [2.45, 2.75) is 13.3 Å². The van der Waals surface area contributed by atoms with Crippen molar-refractivity contribution in [1.82, 2.24) is 20.2 Å². The largest absolute Gasteiger partial charge is 0.293 e. The number of nitrogens with one attached hydrogen (secondary N) is 2. The van der Waals surface area contributed by atoms with E-state index in [0.29, 0.717) is 17.9 Å². The fraction of sp³-hybridized carbons (Fsp3) is 0.200. The second-order valence-electron chi connectivity index (χ2n) is 3.12. The van der Waals surface area contributed by atoms with Crippen molar-refractivity contribution in [2.75, 3.05) is 5.32 Å². The highest BCUT2D eigenvalue weighted by Crippen LogP contribution is 2.11. The van der Waals surface area contributed by atoms with Crippen LogP contribution in [0.25, 0.3) is 11.5 Å². The molecule has 0 aliphatic heterocycles. The molecule has 0 bridgehead atoms. The molecular weight excluding hydrogens is 206 g/mol. The SMILES string of the molecule is CCC(=O)Nc1n[nH]c(-c2ccccn2)n1. The van der Waals surface area contributed by atoms with Gasteiger partial charge in [-0.05, 0) is 12.1 Å². The third-order valence-corrected chi connectivity index (χ3v) is 1.97. The van der Waals surface area contributed by atoms with Crippen molar-refractivity contribution in [3.05, 3.63) is 24.4 Å². The second kappa shape index (κ2) is 4.52. The molecule has 6 heteroatoms. The van der Waals surface area contributed by atoms with Gasteiger partial charge in [0.1, 0.15) is 5.69 Å².